The van der Waals surface area contributed by atoms with Gasteiger partial charge in [-0.05, 0) is 49.4 Å². The lowest BCUT2D eigenvalue weighted by molar-refractivity contribution is 0.151. The third kappa shape index (κ3) is 1.75. The fourth-order valence-corrected chi connectivity index (χ4v) is 1.77. The first kappa shape index (κ1) is 9.53. The second kappa shape index (κ2) is 2.99. The van der Waals surface area contributed by atoms with E-state index in [2.05, 4.69) is 13.0 Å². The summed E-state index contributed by atoms with van der Waals surface area (Å²) in [6, 6.07) is 4.11. The molecule has 1 aliphatic carbocycles. The average molecular weight is 191 g/mol. The summed E-state index contributed by atoms with van der Waals surface area (Å²) in [5, 5.41) is 9.79. The van der Waals surface area contributed by atoms with Crippen molar-refractivity contribution in [1.29, 1.82) is 0 Å². The van der Waals surface area contributed by atoms with Gasteiger partial charge in [0.2, 0.25) is 0 Å². The molecule has 2 heteroatoms. The van der Waals surface area contributed by atoms with Crippen molar-refractivity contribution < 1.29 is 5.11 Å². The zero-order chi connectivity index (χ0) is 10.3. The molecule has 2 nitrogen and oxygen atoms in total. The van der Waals surface area contributed by atoms with Gasteiger partial charge in [0.15, 0.2) is 0 Å². The smallest absolute Gasteiger partial charge is 0.0690 e. The summed E-state index contributed by atoms with van der Waals surface area (Å²) in [6.45, 7) is 4.09. The highest BCUT2D eigenvalue weighted by Gasteiger charge is 2.40. The Kier molecular flexibility index (Phi) is 2.04. The van der Waals surface area contributed by atoms with Crippen LogP contribution in [0.2, 0.25) is 0 Å². The van der Waals surface area contributed by atoms with Crippen LogP contribution in [0.3, 0.4) is 0 Å². The van der Waals surface area contributed by atoms with Gasteiger partial charge in [-0.1, -0.05) is 6.07 Å². The number of hydrogen-bond donors (Lipinski definition) is 2. The SMILES string of the molecule is Cc1cc(CC2(O)CC2)cc(N)c1C. The highest BCUT2D eigenvalue weighted by molar-refractivity contribution is 5.52. The van der Waals surface area contributed by atoms with Crippen molar-refractivity contribution in [2.75, 3.05) is 5.73 Å². The van der Waals surface area contributed by atoms with E-state index in [0.29, 0.717) is 0 Å². The molecule has 0 bridgehead atoms. The molecule has 0 unspecified atom stereocenters. The second-order valence-corrected chi connectivity index (χ2v) is 4.53. The maximum Gasteiger partial charge on any atom is 0.0690 e. The van der Waals surface area contributed by atoms with Gasteiger partial charge in [0.1, 0.15) is 0 Å². The lowest BCUT2D eigenvalue weighted by atomic mass is 9.99. The Hall–Kier alpha value is -1.02. The molecule has 0 radical (unpaired) electrons. The lowest BCUT2D eigenvalue weighted by Gasteiger charge is -2.11. The largest absolute Gasteiger partial charge is 0.398 e. The summed E-state index contributed by atoms with van der Waals surface area (Å²) in [7, 11) is 0. The van der Waals surface area contributed by atoms with Gasteiger partial charge in [0.25, 0.3) is 0 Å². The fraction of sp³-hybridized carbons (Fsp3) is 0.500. The van der Waals surface area contributed by atoms with Crippen LogP contribution in [0.25, 0.3) is 0 Å². The van der Waals surface area contributed by atoms with Gasteiger partial charge in [0, 0.05) is 12.1 Å². The Morgan fingerprint density at radius 2 is 2.00 bits per heavy atom. The lowest BCUT2D eigenvalue weighted by Crippen LogP contribution is -2.11. The van der Waals surface area contributed by atoms with Crippen LogP contribution in [0, 0.1) is 13.8 Å². The van der Waals surface area contributed by atoms with Crippen LogP contribution < -0.4 is 5.73 Å². The molecule has 0 aromatic heterocycles. The van der Waals surface area contributed by atoms with E-state index in [1.165, 1.54) is 5.56 Å². The zero-order valence-corrected chi connectivity index (χ0v) is 8.80. The Morgan fingerprint density at radius 3 is 2.50 bits per heavy atom. The number of nitrogens with two attached hydrogens (primary N) is 1. The molecular weight excluding hydrogens is 174 g/mol. The molecule has 1 saturated carbocycles. The molecule has 0 heterocycles. The molecule has 0 amide bonds. The summed E-state index contributed by atoms with van der Waals surface area (Å²) in [5.41, 5.74) is 9.81. The van der Waals surface area contributed by atoms with E-state index in [0.717, 1.165) is 36.1 Å². The van der Waals surface area contributed by atoms with Crippen molar-refractivity contribution in [2.24, 2.45) is 0 Å². The van der Waals surface area contributed by atoms with E-state index < -0.39 is 5.60 Å². The normalized spacial score (nSPS) is 18.2. The van der Waals surface area contributed by atoms with Crippen LogP contribution in [0.15, 0.2) is 12.1 Å². The topological polar surface area (TPSA) is 46.2 Å². The van der Waals surface area contributed by atoms with Crippen molar-refractivity contribution >= 4 is 5.69 Å². The van der Waals surface area contributed by atoms with Gasteiger partial charge in [0.05, 0.1) is 5.60 Å². The van der Waals surface area contributed by atoms with Crippen LogP contribution in [-0.2, 0) is 6.42 Å². The second-order valence-electron chi connectivity index (χ2n) is 4.53. The third-order valence-corrected chi connectivity index (χ3v) is 3.13. The van der Waals surface area contributed by atoms with E-state index in [1.54, 1.807) is 0 Å². The molecule has 1 aromatic rings. The van der Waals surface area contributed by atoms with E-state index in [9.17, 15) is 5.11 Å². The quantitative estimate of drug-likeness (QED) is 0.702. The summed E-state index contributed by atoms with van der Waals surface area (Å²) in [4.78, 5) is 0. The van der Waals surface area contributed by atoms with Crippen molar-refractivity contribution in [3.8, 4) is 0 Å². The standard InChI is InChI=1S/C12H17NO/c1-8-5-10(6-11(13)9(8)2)7-12(14)3-4-12/h5-6,14H,3-4,7,13H2,1-2H3. The highest BCUT2D eigenvalue weighted by Crippen LogP contribution is 2.38. The minimum Gasteiger partial charge on any atom is -0.398 e. The molecule has 1 aromatic carbocycles. The van der Waals surface area contributed by atoms with Crippen molar-refractivity contribution in [2.45, 2.75) is 38.7 Å². The Balaban J connectivity index is 2.26. The summed E-state index contributed by atoms with van der Waals surface area (Å²) in [6.07, 6.45) is 2.61. The number of benzene rings is 1. The minimum atomic E-state index is -0.422. The Bertz CT molecular complexity index is 344. The molecule has 0 saturated heterocycles. The number of anilines is 1. The van der Waals surface area contributed by atoms with Crippen LogP contribution >= 0.6 is 0 Å². The van der Waals surface area contributed by atoms with E-state index >= 15 is 0 Å². The number of nitrogen functional groups attached to an aromatic ring is 1. The van der Waals surface area contributed by atoms with E-state index in [1.807, 2.05) is 13.0 Å². The maximum atomic E-state index is 9.79. The number of aliphatic hydroxyl groups is 1. The molecule has 0 atom stereocenters. The molecule has 3 N–H and O–H groups in total. The van der Waals surface area contributed by atoms with Crippen molar-refractivity contribution in [1.82, 2.24) is 0 Å². The van der Waals surface area contributed by atoms with Crippen molar-refractivity contribution in [3.63, 3.8) is 0 Å². The monoisotopic (exact) mass is 191 g/mol. The molecule has 76 valence electrons. The van der Waals surface area contributed by atoms with Gasteiger partial charge in [-0.15, -0.1) is 0 Å². The zero-order valence-electron chi connectivity index (χ0n) is 8.80. The fourth-order valence-electron chi connectivity index (χ4n) is 1.77. The first-order valence-electron chi connectivity index (χ1n) is 5.08. The van der Waals surface area contributed by atoms with Crippen LogP contribution in [0.1, 0.15) is 29.5 Å². The van der Waals surface area contributed by atoms with E-state index in [-0.39, 0.29) is 0 Å². The molecule has 1 aliphatic rings. The third-order valence-electron chi connectivity index (χ3n) is 3.13. The summed E-state index contributed by atoms with van der Waals surface area (Å²) >= 11 is 0. The van der Waals surface area contributed by atoms with Crippen LogP contribution in [0.4, 0.5) is 5.69 Å². The van der Waals surface area contributed by atoms with Gasteiger partial charge in [-0.25, -0.2) is 0 Å². The number of rotatable bonds is 2. The van der Waals surface area contributed by atoms with Gasteiger partial charge in [-0.3, -0.25) is 0 Å². The minimum absolute atomic E-state index is 0.422. The number of hydrogen-bond acceptors (Lipinski definition) is 2. The van der Waals surface area contributed by atoms with Crippen LogP contribution in [0.5, 0.6) is 0 Å². The first-order valence-corrected chi connectivity index (χ1v) is 5.08. The predicted molar refractivity (Wildman–Crippen MR) is 58.2 cm³/mol. The molecule has 0 aliphatic heterocycles. The van der Waals surface area contributed by atoms with Crippen molar-refractivity contribution in [3.05, 3.63) is 28.8 Å². The molecule has 1 fully saturated rings. The predicted octanol–water partition coefficient (Wildman–Crippen LogP) is 1.95. The molecular formula is C12H17NO. The highest BCUT2D eigenvalue weighted by atomic mass is 16.3. The first-order chi connectivity index (χ1) is 6.50. The number of aryl methyl sites for hydroxylation is 1. The van der Waals surface area contributed by atoms with Gasteiger partial charge >= 0.3 is 0 Å². The average Bonchev–Trinajstić information content (AvgIpc) is 2.79. The van der Waals surface area contributed by atoms with E-state index in [4.69, 9.17) is 5.73 Å². The molecule has 0 spiro atoms. The summed E-state index contributed by atoms with van der Waals surface area (Å²) in [5.74, 6) is 0. The molecule has 14 heavy (non-hydrogen) atoms. The molecule has 2 rings (SSSR count). The summed E-state index contributed by atoms with van der Waals surface area (Å²) < 4.78 is 0. The Labute approximate surface area is 84.7 Å². The Morgan fingerprint density at radius 1 is 1.36 bits per heavy atom. The van der Waals surface area contributed by atoms with Crippen LogP contribution in [-0.4, -0.2) is 10.7 Å². The van der Waals surface area contributed by atoms with Gasteiger partial charge < -0.3 is 10.8 Å². The van der Waals surface area contributed by atoms with Gasteiger partial charge in [-0.2, -0.15) is 0 Å². The maximum absolute atomic E-state index is 9.79.